The molecule has 5 heteroatoms. The summed E-state index contributed by atoms with van der Waals surface area (Å²) in [5.41, 5.74) is 0.167. The molecule has 2 unspecified atom stereocenters. The second-order valence-electron chi connectivity index (χ2n) is 5.47. The minimum absolute atomic E-state index is 0.0337. The maximum Gasteiger partial charge on any atom is 0.276 e. The Morgan fingerprint density at radius 1 is 1.47 bits per heavy atom. The van der Waals surface area contributed by atoms with Crippen molar-refractivity contribution in [3.63, 3.8) is 0 Å². The lowest BCUT2D eigenvalue weighted by atomic mass is 10.1. The summed E-state index contributed by atoms with van der Waals surface area (Å²) in [7, 11) is 0. The van der Waals surface area contributed by atoms with Gasteiger partial charge in [0.25, 0.3) is 5.91 Å². The number of amides is 1. The molecular weight excluding hydrogens is 242 g/mol. The molecule has 0 saturated carbocycles. The quantitative estimate of drug-likeness (QED) is 0.822. The average Bonchev–Trinajstić information content (AvgIpc) is 2.84. The standard InChI is InChI=1S/C14H19N3O2/c1-10-8-16-7-3-4-11(16)9-17(10)14(19)13-12(18)5-2-6-15-13/h2,5-6,10-11,18H,3-4,7-9H2,1H3. The van der Waals surface area contributed by atoms with E-state index in [1.165, 1.54) is 12.5 Å². The van der Waals surface area contributed by atoms with E-state index < -0.39 is 0 Å². The molecule has 0 radical (unpaired) electrons. The Kier molecular flexibility index (Phi) is 3.14. The monoisotopic (exact) mass is 261 g/mol. The van der Waals surface area contributed by atoms with Crippen LogP contribution in [0, 0.1) is 0 Å². The predicted molar refractivity (Wildman–Crippen MR) is 71.0 cm³/mol. The maximum atomic E-state index is 12.5. The third kappa shape index (κ3) is 2.18. The summed E-state index contributed by atoms with van der Waals surface area (Å²) in [4.78, 5) is 20.8. The van der Waals surface area contributed by atoms with E-state index in [1.54, 1.807) is 12.3 Å². The largest absolute Gasteiger partial charge is 0.505 e. The summed E-state index contributed by atoms with van der Waals surface area (Å²) in [5, 5.41) is 9.76. The third-order valence-electron chi connectivity index (χ3n) is 4.19. The smallest absolute Gasteiger partial charge is 0.276 e. The van der Waals surface area contributed by atoms with Crippen molar-refractivity contribution in [2.45, 2.75) is 31.8 Å². The van der Waals surface area contributed by atoms with Gasteiger partial charge in [0.15, 0.2) is 5.69 Å². The topological polar surface area (TPSA) is 56.7 Å². The lowest BCUT2D eigenvalue weighted by molar-refractivity contribution is 0.0387. The highest BCUT2D eigenvalue weighted by molar-refractivity contribution is 5.95. The molecule has 2 saturated heterocycles. The van der Waals surface area contributed by atoms with Gasteiger partial charge in [-0.05, 0) is 38.4 Å². The predicted octanol–water partition coefficient (Wildman–Crippen LogP) is 1.10. The van der Waals surface area contributed by atoms with E-state index in [2.05, 4.69) is 16.8 Å². The molecular formula is C14H19N3O2. The fourth-order valence-electron chi connectivity index (χ4n) is 3.17. The van der Waals surface area contributed by atoms with Gasteiger partial charge in [0.2, 0.25) is 0 Å². The molecule has 2 aliphatic rings. The van der Waals surface area contributed by atoms with Crippen molar-refractivity contribution in [2.24, 2.45) is 0 Å². The SMILES string of the molecule is CC1CN2CCCC2CN1C(=O)c1ncccc1O. The van der Waals surface area contributed by atoms with Crippen LogP contribution in [-0.2, 0) is 0 Å². The molecule has 5 nitrogen and oxygen atoms in total. The van der Waals surface area contributed by atoms with Gasteiger partial charge in [-0.25, -0.2) is 4.98 Å². The zero-order chi connectivity index (χ0) is 13.4. The van der Waals surface area contributed by atoms with E-state index in [0.29, 0.717) is 6.04 Å². The molecule has 1 aromatic heterocycles. The van der Waals surface area contributed by atoms with Crippen molar-refractivity contribution in [1.29, 1.82) is 0 Å². The molecule has 1 N–H and O–H groups in total. The first kappa shape index (κ1) is 12.4. The van der Waals surface area contributed by atoms with Crippen molar-refractivity contribution < 1.29 is 9.90 Å². The van der Waals surface area contributed by atoms with Gasteiger partial charge >= 0.3 is 0 Å². The number of hydrogen-bond donors (Lipinski definition) is 1. The number of carbonyl (C=O) groups excluding carboxylic acids is 1. The Morgan fingerprint density at radius 3 is 3.11 bits per heavy atom. The van der Waals surface area contributed by atoms with Gasteiger partial charge in [-0.2, -0.15) is 0 Å². The van der Waals surface area contributed by atoms with Gasteiger partial charge in [-0.3, -0.25) is 9.69 Å². The number of piperazine rings is 1. The number of rotatable bonds is 1. The van der Waals surface area contributed by atoms with E-state index in [-0.39, 0.29) is 23.4 Å². The molecule has 2 aliphatic heterocycles. The van der Waals surface area contributed by atoms with Crippen LogP contribution in [0.4, 0.5) is 0 Å². The normalized spacial score (nSPS) is 27.3. The number of fused-ring (bicyclic) bond motifs is 1. The number of aromatic hydroxyl groups is 1. The van der Waals surface area contributed by atoms with Gasteiger partial charge in [-0.1, -0.05) is 0 Å². The van der Waals surface area contributed by atoms with Crippen LogP contribution in [0.15, 0.2) is 18.3 Å². The minimum atomic E-state index is -0.155. The molecule has 19 heavy (non-hydrogen) atoms. The molecule has 0 bridgehead atoms. The first-order valence-corrected chi connectivity index (χ1v) is 6.86. The summed E-state index contributed by atoms with van der Waals surface area (Å²) in [6.45, 7) is 4.87. The molecule has 0 aromatic carbocycles. The van der Waals surface area contributed by atoms with Crippen molar-refractivity contribution in [3.05, 3.63) is 24.0 Å². The van der Waals surface area contributed by atoms with Crippen molar-refractivity contribution in [2.75, 3.05) is 19.6 Å². The number of hydrogen-bond acceptors (Lipinski definition) is 4. The van der Waals surface area contributed by atoms with Crippen molar-refractivity contribution >= 4 is 5.91 Å². The molecule has 0 spiro atoms. The Hall–Kier alpha value is -1.62. The zero-order valence-corrected chi connectivity index (χ0v) is 11.1. The summed E-state index contributed by atoms with van der Waals surface area (Å²) < 4.78 is 0. The van der Waals surface area contributed by atoms with Crippen LogP contribution >= 0.6 is 0 Å². The lowest BCUT2D eigenvalue weighted by Crippen LogP contribution is -2.56. The molecule has 1 aromatic rings. The Labute approximate surface area is 112 Å². The second kappa shape index (κ2) is 4.81. The molecule has 102 valence electrons. The molecule has 3 heterocycles. The maximum absolute atomic E-state index is 12.5. The first-order valence-electron chi connectivity index (χ1n) is 6.86. The molecule has 2 atom stereocenters. The summed E-state index contributed by atoms with van der Waals surface area (Å²) in [6, 6.07) is 3.79. The first-order chi connectivity index (χ1) is 9.16. The van der Waals surface area contributed by atoms with Gasteiger partial charge in [0.05, 0.1) is 0 Å². The Balaban J connectivity index is 1.81. The fourth-order valence-corrected chi connectivity index (χ4v) is 3.17. The van der Waals surface area contributed by atoms with Crippen LogP contribution in [-0.4, -0.2) is 57.5 Å². The average molecular weight is 261 g/mol. The van der Waals surface area contributed by atoms with Gasteiger partial charge in [0, 0.05) is 31.4 Å². The fraction of sp³-hybridized carbons (Fsp3) is 0.571. The van der Waals surface area contributed by atoms with E-state index in [0.717, 1.165) is 26.1 Å². The Morgan fingerprint density at radius 2 is 2.32 bits per heavy atom. The van der Waals surface area contributed by atoms with E-state index in [9.17, 15) is 9.90 Å². The zero-order valence-electron chi connectivity index (χ0n) is 11.1. The van der Waals surface area contributed by atoms with Crippen molar-refractivity contribution in [3.8, 4) is 5.75 Å². The molecule has 0 aliphatic carbocycles. The highest BCUT2D eigenvalue weighted by atomic mass is 16.3. The number of carbonyl (C=O) groups is 1. The van der Waals surface area contributed by atoms with Crippen LogP contribution in [0.3, 0.4) is 0 Å². The number of aromatic nitrogens is 1. The highest BCUT2D eigenvalue weighted by Crippen LogP contribution is 2.26. The number of pyridine rings is 1. The van der Waals surface area contributed by atoms with E-state index in [4.69, 9.17) is 0 Å². The van der Waals surface area contributed by atoms with Crippen molar-refractivity contribution in [1.82, 2.24) is 14.8 Å². The van der Waals surface area contributed by atoms with Crippen LogP contribution in [0.25, 0.3) is 0 Å². The third-order valence-corrected chi connectivity index (χ3v) is 4.19. The van der Waals surface area contributed by atoms with Gasteiger partial charge in [-0.15, -0.1) is 0 Å². The van der Waals surface area contributed by atoms with Crippen LogP contribution in [0.2, 0.25) is 0 Å². The lowest BCUT2D eigenvalue weighted by Gasteiger charge is -2.42. The Bertz CT molecular complexity index is 491. The van der Waals surface area contributed by atoms with Crippen LogP contribution in [0.1, 0.15) is 30.3 Å². The molecule has 3 rings (SSSR count). The van der Waals surface area contributed by atoms with Crippen LogP contribution in [0.5, 0.6) is 5.75 Å². The molecule has 1 amide bonds. The van der Waals surface area contributed by atoms with Crippen LogP contribution < -0.4 is 0 Å². The van der Waals surface area contributed by atoms with Gasteiger partial charge < -0.3 is 10.0 Å². The summed E-state index contributed by atoms with van der Waals surface area (Å²) in [5.74, 6) is -0.189. The summed E-state index contributed by atoms with van der Waals surface area (Å²) >= 11 is 0. The molecule has 2 fully saturated rings. The minimum Gasteiger partial charge on any atom is -0.505 e. The number of nitrogens with zero attached hydrogens (tertiary/aromatic N) is 3. The van der Waals surface area contributed by atoms with E-state index >= 15 is 0 Å². The van der Waals surface area contributed by atoms with Gasteiger partial charge in [0.1, 0.15) is 5.75 Å². The second-order valence-corrected chi connectivity index (χ2v) is 5.47. The highest BCUT2D eigenvalue weighted by Gasteiger charge is 2.37. The summed E-state index contributed by atoms with van der Waals surface area (Å²) in [6.07, 6.45) is 3.92. The van der Waals surface area contributed by atoms with E-state index in [1.807, 2.05) is 4.90 Å².